The average molecular weight is 519 g/mol. The Morgan fingerprint density at radius 3 is 2.26 bits per heavy atom. The second-order valence-corrected chi connectivity index (χ2v) is 10.6. The molecule has 2 amide bonds. The van der Waals surface area contributed by atoms with Gasteiger partial charge in [0.2, 0.25) is 5.91 Å². The van der Waals surface area contributed by atoms with Crippen molar-refractivity contribution in [3.05, 3.63) is 54.2 Å². The van der Waals surface area contributed by atoms with Gasteiger partial charge in [0, 0.05) is 30.5 Å². The zero-order chi connectivity index (χ0) is 27.0. The minimum Gasteiger partial charge on any atom is -0.464 e. The molecule has 1 atom stereocenters. The number of ether oxygens (including phenoxy) is 1. The highest BCUT2D eigenvalue weighted by molar-refractivity contribution is 6.01. The molecule has 10 nitrogen and oxygen atoms in total. The molecule has 5 rings (SSSR count). The largest absolute Gasteiger partial charge is 0.464 e. The van der Waals surface area contributed by atoms with Crippen LogP contribution in [0.4, 0.5) is 5.69 Å². The summed E-state index contributed by atoms with van der Waals surface area (Å²) in [4.78, 5) is 43.3. The molecule has 0 bridgehead atoms. The lowest BCUT2D eigenvalue weighted by atomic mass is 9.88. The lowest BCUT2D eigenvalue weighted by molar-refractivity contribution is -0.119. The summed E-state index contributed by atoms with van der Waals surface area (Å²) in [5, 5.41) is 10.4. The molecule has 2 aromatic heterocycles. The average Bonchev–Trinajstić information content (AvgIpc) is 3.83. The molecule has 3 aromatic rings. The maximum Gasteiger partial charge on any atom is 0.358 e. The van der Waals surface area contributed by atoms with E-state index in [0.717, 1.165) is 31.2 Å². The smallest absolute Gasteiger partial charge is 0.358 e. The van der Waals surface area contributed by atoms with Gasteiger partial charge in [-0.1, -0.05) is 12.1 Å². The van der Waals surface area contributed by atoms with Crippen molar-refractivity contribution in [1.29, 1.82) is 0 Å². The van der Waals surface area contributed by atoms with Gasteiger partial charge < -0.3 is 19.9 Å². The minimum atomic E-state index is -0.638. The van der Waals surface area contributed by atoms with Gasteiger partial charge in [-0.15, -0.1) is 0 Å². The number of aromatic nitrogens is 4. The zero-order valence-electron chi connectivity index (χ0n) is 22.2. The first-order valence-corrected chi connectivity index (χ1v) is 13.1. The first-order valence-electron chi connectivity index (χ1n) is 13.1. The van der Waals surface area contributed by atoms with E-state index in [1.54, 1.807) is 47.0 Å². The second kappa shape index (κ2) is 10.4. The maximum absolute atomic E-state index is 13.7. The molecule has 2 heterocycles. The van der Waals surface area contributed by atoms with Crippen LogP contribution in [0.25, 0.3) is 11.3 Å². The molecule has 1 unspecified atom stereocenters. The predicted molar refractivity (Wildman–Crippen MR) is 141 cm³/mol. The Hall–Kier alpha value is -3.95. The number of nitrogens with zero attached hydrogens (tertiary/aromatic N) is 4. The molecule has 38 heavy (non-hydrogen) atoms. The first-order chi connectivity index (χ1) is 18.3. The van der Waals surface area contributed by atoms with Crippen LogP contribution < -0.4 is 10.6 Å². The van der Waals surface area contributed by atoms with Crippen molar-refractivity contribution in [2.45, 2.75) is 51.6 Å². The summed E-state index contributed by atoms with van der Waals surface area (Å²) >= 11 is 0. The lowest BCUT2D eigenvalue weighted by Gasteiger charge is -2.28. The van der Waals surface area contributed by atoms with E-state index in [4.69, 9.17) is 4.74 Å². The molecule has 0 radical (unpaired) electrons. The van der Waals surface area contributed by atoms with Crippen LogP contribution in [0.15, 0.2) is 42.9 Å². The topological polar surface area (TPSA) is 120 Å². The van der Waals surface area contributed by atoms with Crippen molar-refractivity contribution in [2.24, 2.45) is 24.8 Å². The summed E-state index contributed by atoms with van der Waals surface area (Å²) in [7, 11) is 3.13. The molecule has 2 aliphatic carbocycles. The van der Waals surface area contributed by atoms with Crippen LogP contribution in [0.5, 0.6) is 0 Å². The van der Waals surface area contributed by atoms with Crippen molar-refractivity contribution in [3.63, 3.8) is 0 Å². The fourth-order valence-corrected chi connectivity index (χ4v) is 5.30. The van der Waals surface area contributed by atoms with Crippen LogP contribution in [0.2, 0.25) is 0 Å². The van der Waals surface area contributed by atoms with Gasteiger partial charge >= 0.3 is 5.97 Å². The van der Waals surface area contributed by atoms with Crippen LogP contribution in [-0.4, -0.2) is 50.3 Å². The molecule has 10 heteroatoms. The zero-order valence-corrected chi connectivity index (χ0v) is 22.2. The molecular weight excluding hydrogens is 484 g/mol. The number of carbonyl (C=O) groups excluding carboxylic acids is 3. The molecule has 0 saturated heterocycles. The van der Waals surface area contributed by atoms with Gasteiger partial charge in [-0.05, 0) is 75.5 Å². The van der Waals surface area contributed by atoms with Gasteiger partial charge in [0.25, 0.3) is 5.91 Å². The Labute approximate surface area is 221 Å². The van der Waals surface area contributed by atoms with E-state index in [0.29, 0.717) is 28.9 Å². The van der Waals surface area contributed by atoms with Crippen LogP contribution >= 0.6 is 0 Å². The third kappa shape index (κ3) is 5.20. The van der Waals surface area contributed by atoms with Gasteiger partial charge in [-0.2, -0.15) is 5.10 Å². The maximum atomic E-state index is 13.7. The number of methoxy groups -OCH3 is 1. The number of esters is 1. The standard InChI is InChI=1S/C28H34N6O4/c1-16(2)34-21(13-14-30-34)26(35)32-23(22(17-5-6-17)18-7-8-18)27(36)31-20-11-9-19(10-12-20)25-24(28(37)38-4)29-15-33(25)3/h9-18,22-23H,5-8H2,1-4H3,(H,31,36)(H,32,35). The number of aryl methyl sites for hydroxylation is 1. The Balaban J connectivity index is 1.36. The van der Waals surface area contributed by atoms with Crippen molar-refractivity contribution in [2.75, 3.05) is 12.4 Å². The Morgan fingerprint density at radius 2 is 1.68 bits per heavy atom. The summed E-state index contributed by atoms with van der Waals surface area (Å²) < 4.78 is 8.28. The van der Waals surface area contributed by atoms with E-state index in [9.17, 15) is 14.4 Å². The second-order valence-electron chi connectivity index (χ2n) is 10.6. The van der Waals surface area contributed by atoms with E-state index in [2.05, 4.69) is 20.7 Å². The van der Waals surface area contributed by atoms with Crippen LogP contribution in [0, 0.1) is 17.8 Å². The fourth-order valence-electron chi connectivity index (χ4n) is 5.30. The van der Waals surface area contributed by atoms with E-state index in [-0.39, 0.29) is 29.5 Å². The molecular formula is C28H34N6O4. The number of benzene rings is 1. The van der Waals surface area contributed by atoms with Crippen molar-refractivity contribution in [3.8, 4) is 11.3 Å². The van der Waals surface area contributed by atoms with E-state index in [1.807, 2.05) is 26.0 Å². The summed E-state index contributed by atoms with van der Waals surface area (Å²) in [6, 6.07) is 8.31. The summed E-state index contributed by atoms with van der Waals surface area (Å²) in [6.45, 7) is 3.93. The van der Waals surface area contributed by atoms with E-state index in [1.165, 1.54) is 7.11 Å². The van der Waals surface area contributed by atoms with Crippen molar-refractivity contribution < 1.29 is 19.1 Å². The number of carbonyl (C=O) groups is 3. The molecule has 2 saturated carbocycles. The highest BCUT2D eigenvalue weighted by Gasteiger charge is 2.48. The Morgan fingerprint density at radius 1 is 1.03 bits per heavy atom. The van der Waals surface area contributed by atoms with Crippen LogP contribution in [0.3, 0.4) is 0 Å². The predicted octanol–water partition coefficient (Wildman–Crippen LogP) is 3.82. The van der Waals surface area contributed by atoms with Crippen LogP contribution in [0.1, 0.15) is 66.5 Å². The van der Waals surface area contributed by atoms with Gasteiger partial charge in [-0.25, -0.2) is 9.78 Å². The third-order valence-electron chi connectivity index (χ3n) is 7.42. The number of hydrogen-bond donors (Lipinski definition) is 2. The SMILES string of the molecule is COC(=O)c1ncn(C)c1-c1ccc(NC(=O)C(NC(=O)c2ccnn2C(C)C)C(C2CC2)C2CC2)cc1. The van der Waals surface area contributed by atoms with Crippen LogP contribution in [-0.2, 0) is 16.6 Å². The van der Waals surface area contributed by atoms with Gasteiger partial charge in [0.1, 0.15) is 11.7 Å². The normalized spacial score (nSPS) is 15.9. The lowest BCUT2D eigenvalue weighted by Crippen LogP contribution is -2.50. The summed E-state index contributed by atoms with van der Waals surface area (Å²) in [5.74, 6) is 0.00754. The Kier molecular flexibility index (Phi) is 7.05. The summed E-state index contributed by atoms with van der Waals surface area (Å²) in [6.07, 6.45) is 7.53. The highest BCUT2D eigenvalue weighted by Crippen LogP contribution is 2.51. The quantitative estimate of drug-likeness (QED) is 0.394. The van der Waals surface area contributed by atoms with Gasteiger partial charge in [0.15, 0.2) is 5.69 Å². The monoisotopic (exact) mass is 518 g/mol. The molecule has 0 spiro atoms. The van der Waals surface area contributed by atoms with Gasteiger partial charge in [-0.3, -0.25) is 14.3 Å². The number of nitrogens with one attached hydrogen (secondary N) is 2. The Bertz CT molecular complexity index is 1320. The molecule has 200 valence electrons. The number of hydrogen-bond acceptors (Lipinski definition) is 6. The van der Waals surface area contributed by atoms with Crippen molar-refractivity contribution in [1.82, 2.24) is 24.6 Å². The van der Waals surface area contributed by atoms with E-state index < -0.39 is 12.0 Å². The molecule has 0 aliphatic heterocycles. The van der Waals surface area contributed by atoms with E-state index >= 15 is 0 Å². The minimum absolute atomic E-state index is 0.0262. The number of anilines is 1. The summed E-state index contributed by atoms with van der Waals surface area (Å²) in [5.41, 5.74) is 2.68. The third-order valence-corrected chi connectivity index (χ3v) is 7.42. The first kappa shape index (κ1) is 25.7. The fraction of sp³-hybridized carbons (Fsp3) is 0.464. The molecule has 2 N–H and O–H groups in total. The molecule has 1 aromatic carbocycles. The molecule has 2 fully saturated rings. The van der Waals surface area contributed by atoms with Gasteiger partial charge in [0.05, 0.1) is 19.1 Å². The molecule has 2 aliphatic rings. The number of imidazole rings is 1. The van der Waals surface area contributed by atoms with Crippen molar-refractivity contribution >= 4 is 23.5 Å². The number of amides is 2. The number of rotatable bonds is 10. The highest BCUT2D eigenvalue weighted by atomic mass is 16.5.